The van der Waals surface area contributed by atoms with Crippen molar-refractivity contribution < 1.29 is 0 Å². The molecule has 0 amide bonds. The topological polar surface area (TPSA) is 29.9 Å². The molecule has 16 heavy (non-hydrogen) atoms. The molecule has 1 aromatic rings. The van der Waals surface area contributed by atoms with E-state index in [-0.39, 0.29) is 0 Å². The van der Waals surface area contributed by atoms with E-state index >= 15 is 0 Å². The third-order valence-corrected chi connectivity index (χ3v) is 2.93. The summed E-state index contributed by atoms with van der Waals surface area (Å²) >= 11 is 6.23. The molecule has 0 aromatic carbocycles. The van der Waals surface area contributed by atoms with Crippen LogP contribution in [0.4, 0.5) is 0 Å². The minimum Gasteiger partial charge on any atom is -0.309 e. The summed E-state index contributed by atoms with van der Waals surface area (Å²) in [6.07, 6.45) is 3.97. The average molecular weight is 244 g/mol. The van der Waals surface area contributed by atoms with E-state index in [1.54, 1.807) is 6.20 Å². The second-order valence-corrected chi connectivity index (χ2v) is 4.72. The first-order valence-corrected chi connectivity index (χ1v) is 6.45. The SMILES string of the molecule is CCCC(NCC)c1c(Cl)cnn1C(C)C. The van der Waals surface area contributed by atoms with Gasteiger partial charge in [-0.1, -0.05) is 31.9 Å². The van der Waals surface area contributed by atoms with Gasteiger partial charge in [0, 0.05) is 6.04 Å². The van der Waals surface area contributed by atoms with Crippen LogP contribution in [0.5, 0.6) is 0 Å². The van der Waals surface area contributed by atoms with Crippen LogP contribution in [0.25, 0.3) is 0 Å². The molecule has 92 valence electrons. The second kappa shape index (κ2) is 6.26. The largest absolute Gasteiger partial charge is 0.309 e. The van der Waals surface area contributed by atoms with Crippen molar-refractivity contribution in [2.45, 2.75) is 52.6 Å². The van der Waals surface area contributed by atoms with Crippen molar-refractivity contribution in [2.75, 3.05) is 6.54 Å². The van der Waals surface area contributed by atoms with Crippen LogP contribution in [0.15, 0.2) is 6.20 Å². The third kappa shape index (κ3) is 2.98. The van der Waals surface area contributed by atoms with Crippen LogP contribution in [0.2, 0.25) is 5.02 Å². The Bertz CT molecular complexity index is 314. The Morgan fingerprint density at radius 3 is 2.62 bits per heavy atom. The van der Waals surface area contributed by atoms with Gasteiger partial charge in [-0.3, -0.25) is 4.68 Å². The molecule has 0 bridgehead atoms. The lowest BCUT2D eigenvalue weighted by molar-refractivity contribution is 0.431. The number of halogens is 1. The Morgan fingerprint density at radius 2 is 2.12 bits per heavy atom. The van der Waals surface area contributed by atoms with Crippen molar-refractivity contribution in [1.29, 1.82) is 0 Å². The van der Waals surface area contributed by atoms with Crippen LogP contribution in [0.1, 0.15) is 58.3 Å². The Hall–Kier alpha value is -0.540. The van der Waals surface area contributed by atoms with E-state index in [0.29, 0.717) is 12.1 Å². The molecule has 0 fully saturated rings. The van der Waals surface area contributed by atoms with Crippen molar-refractivity contribution in [1.82, 2.24) is 15.1 Å². The highest BCUT2D eigenvalue weighted by Crippen LogP contribution is 2.28. The maximum atomic E-state index is 6.23. The first kappa shape index (κ1) is 13.5. The molecule has 0 aliphatic rings. The zero-order valence-corrected chi connectivity index (χ0v) is 11.4. The Morgan fingerprint density at radius 1 is 1.44 bits per heavy atom. The van der Waals surface area contributed by atoms with Crippen molar-refractivity contribution in [2.24, 2.45) is 0 Å². The van der Waals surface area contributed by atoms with Crippen LogP contribution >= 0.6 is 11.6 Å². The van der Waals surface area contributed by atoms with Crippen LogP contribution in [-0.2, 0) is 0 Å². The van der Waals surface area contributed by atoms with Crippen LogP contribution < -0.4 is 5.32 Å². The van der Waals surface area contributed by atoms with E-state index in [4.69, 9.17) is 11.6 Å². The van der Waals surface area contributed by atoms with Gasteiger partial charge in [-0.05, 0) is 26.8 Å². The smallest absolute Gasteiger partial charge is 0.0834 e. The molecule has 1 unspecified atom stereocenters. The second-order valence-electron chi connectivity index (χ2n) is 4.32. The zero-order valence-electron chi connectivity index (χ0n) is 10.6. The van der Waals surface area contributed by atoms with Gasteiger partial charge in [-0.2, -0.15) is 5.10 Å². The minimum absolute atomic E-state index is 0.312. The molecule has 4 heteroatoms. The van der Waals surface area contributed by atoms with Gasteiger partial charge in [-0.15, -0.1) is 0 Å². The first-order chi connectivity index (χ1) is 7.61. The molecule has 1 aromatic heterocycles. The Kier molecular flexibility index (Phi) is 5.29. The lowest BCUT2D eigenvalue weighted by atomic mass is 10.1. The number of hydrogen-bond acceptors (Lipinski definition) is 2. The van der Waals surface area contributed by atoms with Gasteiger partial charge in [0.1, 0.15) is 0 Å². The Labute approximate surface area is 103 Å². The van der Waals surface area contributed by atoms with Crippen molar-refractivity contribution in [3.8, 4) is 0 Å². The average Bonchev–Trinajstić information content (AvgIpc) is 2.60. The fourth-order valence-corrected chi connectivity index (χ4v) is 2.22. The maximum Gasteiger partial charge on any atom is 0.0834 e. The summed E-state index contributed by atoms with van der Waals surface area (Å²) in [6, 6.07) is 0.660. The minimum atomic E-state index is 0.312. The third-order valence-electron chi connectivity index (χ3n) is 2.63. The Balaban J connectivity index is 3.01. The molecular formula is C12H22ClN3. The summed E-state index contributed by atoms with van der Waals surface area (Å²) in [5.41, 5.74) is 1.13. The summed E-state index contributed by atoms with van der Waals surface area (Å²) in [5, 5.41) is 8.59. The van der Waals surface area contributed by atoms with E-state index in [1.165, 1.54) is 0 Å². The summed E-state index contributed by atoms with van der Waals surface area (Å²) < 4.78 is 2.02. The van der Waals surface area contributed by atoms with Crippen LogP contribution in [0.3, 0.4) is 0 Å². The lowest BCUT2D eigenvalue weighted by Gasteiger charge is -2.21. The summed E-state index contributed by atoms with van der Waals surface area (Å²) in [7, 11) is 0. The first-order valence-electron chi connectivity index (χ1n) is 6.08. The molecule has 0 spiro atoms. The van der Waals surface area contributed by atoms with Crippen LogP contribution in [-0.4, -0.2) is 16.3 Å². The van der Waals surface area contributed by atoms with Crippen molar-refractivity contribution >= 4 is 11.6 Å². The van der Waals surface area contributed by atoms with E-state index in [1.807, 2.05) is 4.68 Å². The zero-order chi connectivity index (χ0) is 12.1. The number of nitrogens with zero attached hydrogens (tertiary/aromatic N) is 2. The highest BCUT2D eigenvalue weighted by atomic mass is 35.5. The van der Waals surface area contributed by atoms with Gasteiger partial charge in [-0.25, -0.2) is 0 Å². The molecule has 0 saturated heterocycles. The number of aromatic nitrogens is 2. The maximum absolute atomic E-state index is 6.23. The van der Waals surface area contributed by atoms with Gasteiger partial charge in [0.2, 0.25) is 0 Å². The van der Waals surface area contributed by atoms with E-state index in [0.717, 1.165) is 30.1 Å². The normalized spacial score (nSPS) is 13.4. The molecule has 3 nitrogen and oxygen atoms in total. The monoisotopic (exact) mass is 243 g/mol. The summed E-state index contributed by atoms with van der Waals surface area (Å²) in [6.45, 7) is 9.51. The molecule has 1 N–H and O–H groups in total. The highest BCUT2D eigenvalue weighted by Gasteiger charge is 2.20. The number of nitrogens with one attached hydrogen (secondary N) is 1. The quantitative estimate of drug-likeness (QED) is 0.828. The molecule has 1 rings (SSSR count). The number of hydrogen-bond donors (Lipinski definition) is 1. The predicted molar refractivity (Wildman–Crippen MR) is 68.9 cm³/mol. The fraction of sp³-hybridized carbons (Fsp3) is 0.750. The summed E-state index contributed by atoms with van der Waals surface area (Å²) in [5.74, 6) is 0. The van der Waals surface area contributed by atoms with E-state index in [2.05, 4.69) is 38.1 Å². The fourth-order valence-electron chi connectivity index (χ4n) is 1.96. The predicted octanol–water partition coefficient (Wildman–Crippen LogP) is 3.57. The van der Waals surface area contributed by atoms with Crippen molar-refractivity contribution in [3.05, 3.63) is 16.9 Å². The van der Waals surface area contributed by atoms with E-state index < -0.39 is 0 Å². The highest BCUT2D eigenvalue weighted by molar-refractivity contribution is 6.31. The number of rotatable bonds is 6. The van der Waals surface area contributed by atoms with E-state index in [9.17, 15) is 0 Å². The van der Waals surface area contributed by atoms with Gasteiger partial charge in [0.25, 0.3) is 0 Å². The van der Waals surface area contributed by atoms with Gasteiger partial charge < -0.3 is 5.32 Å². The molecule has 0 aliphatic heterocycles. The van der Waals surface area contributed by atoms with Gasteiger partial charge >= 0.3 is 0 Å². The van der Waals surface area contributed by atoms with Crippen LogP contribution in [0, 0.1) is 0 Å². The molecule has 1 atom stereocenters. The molecule has 0 saturated carbocycles. The van der Waals surface area contributed by atoms with Crippen molar-refractivity contribution in [3.63, 3.8) is 0 Å². The molecular weight excluding hydrogens is 222 g/mol. The molecule has 0 aliphatic carbocycles. The molecule has 0 radical (unpaired) electrons. The summed E-state index contributed by atoms with van der Waals surface area (Å²) in [4.78, 5) is 0. The van der Waals surface area contributed by atoms with Gasteiger partial charge in [0.05, 0.1) is 23.0 Å². The molecule has 1 heterocycles. The standard InChI is InChI=1S/C12H22ClN3/c1-5-7-11(14-6-2)12-10(13)8-15-16(12)9(3)4/h8-9,11,14H,5-7H2,1-4H3. The lowest BCUT2D eigenvalue weighted by Crippen LogP contribution is -2.24. The van der Waals surface area contributed by atoms with Gasteiger partial charge in [0.15, 0.2) is 0 Å².